The van der Waals surface area contributed by atoms with Crippen molar-refractivity contribution in [3.8, 4) is 0 Å². The number of hydrogen-bond donors (Lipinski definition) is 1. The Morgan fingerprint density at radius 1 is 1.10 bits per heavy atom. The standard InChI is InChI=1S/C16H26O4/c1-11(17)16-13-7-5-12(6-8-13)14(16)4-2-3-9-20-10-15(18)19/h12-14,16H,2-10H2,1H3,(H,18,19). The second kappa shape index (κ2) is 7.21. The van der Waals surface area contributed by atoms with E-state index in [2.05, 4.69) is 0 Å². The molecule has 4 heteroatoms. The average Bonchev–Trinajstić information content (AvgIpc) is 2.43. The molecule has 4 nitrogen and oxygen atoms in total. The minimum absolute atomic E-state index is 0.204. The monoisotopic (exact) mass is 282 g/mol. The van der Waals surface area contributed by atoms with Crippen LogP contribution < -0.4 is 0 Å². The molecule has 0 saturated heterocycles. The first-order chi connectivity index (χ1) is 9.59. The fraction of sp³-hybridized carbons (Fsp3) is 0.875. The van der Waals surface area contributed by atoms with Crippen molar-refractivity contribution in [1.82, 2.24) is 0 Å². The van der Waals surface area contributed by atoms with Gasteiger partial charge >= 0.3 is 5.97 Å². The van der Waals surface area contributed by atoms with Crippen LogP contribution in [0.5, 0.6) is 0 Å². The highest BCUT2D eigenvalue weighted by Gasteiger charge is 2.44. The third-order valence-electron chi connectivity index (χ3n) is 5.16. The number of fused-ring (bicyclic) bond motifs is 3. The van der Waals surface area contributed by atoms with Crippen LogP contribution in [0.15, 0.2) is 0 Å². The second-order valence-electron chi connectivity index (χ2n) is 6.42. The van der Waals surface area contributed by atoms with Crippen LogP contribution in [-0.2, 0) is 14.3 Å². The summed E-state index contributed by atoms with van der Waals surface area (Å²) < 4.78 is 5.05. The smallest absolute Gasteiger partial charge is 0.329 e. The number of aliphatic carboxylic acids is 1. The molecule has 3 rings (SSSR count). The normalized spacial score (nSPS) is 32.2. The number of carbonyl (C=O) groups is 2. The summed E-state index contributed by atoms with van der Waals surface area (Å²) in [5, 5.41) is 8.48. The van der Waals surface area contributed by atoms with Gasteiger partial charge in [-0.05, 0) is 63.2 Å². The highest BCUT2D eigenvalue weighted by molar-refractivity contribution is 5.79. The van der Waals surface area contributed by atoms with E-state index in [1.165, 1.54) is 25.7 Å². The van der Waals surface area contributed by atoms with E-state index in [1.54, 1.807) is 6.92 Å². The van der Waals surface area contributed by atoms with E-state index in [-0.39, 0.29) is 6.61 Å². The quantitative estimate of drug-likeness (QED) is 0.695. The maximum absolute atomic E-state index is 11.9. The minimum atomic E-state index is -0.911. The van der Waals surface area contributed by atoms with Crippen molar-refractivity contribution < 1.29 is 19.4 Å². The number of carboxylic acid groups (broad SMARTS) is 1. The van der Waals surface area contributed by atoms with Crippen molar-refractivity contribution in [2.24, 2.45) is 23.7 Å². The van der Waals surface area contributed by atoms with Crippen LogP contribution in [0, 0.1) is 23.7 Å². The Hall–Kier alpha value is -0.900. The molecule has 0 amide bonds. The van der Waals surface area contributed by atoms with Crippen molar-refractivity contribution in [2.75, 3.05) is 13.2 Å². The Morgan fingerprint density at radius 2 is 1.75 bits per heavy atom. The fourth-order valence-electron chi connectivity index (χ4n) is 4.37. The van der Waals surface area contributed by atoms with Crippen molar-refractivity contribution in [1.29, 1.82) is 0 Å². The Morgan fingerprint density at radius 3 is 2.35 bits per heavy atom. The van der Waals surface area contributed by atoms with Crippen LogP contribution in [0.2, 0.25) is 0 Å². The topological polar surface area (TPSA) is 63.6 Å². The lowest BCUT2D eigenvalue weighted by Gasteiger charge is -2.48. The summed E-state index contributed by atoms with van der Waals surface area (Å²) in [7, 11) is 0. The average molecular weight is 282 g/mol. The Balaban J connectivity index is 1.73. The third-order valence-corrected chi connectivity index (χ3v) is 5.16. The van der Waals surface area contributed by atoms with E-state index in [1.807, 2.05) is 0 Å². The zero-order chi connectivity index (χ0) is 14.5. The van der Waals surface area contributed by atoms with Crippen molar-refractivity contribution in [2.45, 2.75) is 51.9 Å². The van der Waals surface area contributed by atoms with Gasteiger partial charge in [-0.2, -0.15) is 0 Å². The fourth-order valence-corrected chi connectivity index (χ4v) is 4.37. The first-order valence-electron chi connectivity index (χ1n) is 7.89. The van der Waals surface area contributed by atoms with E-state index in [0.29, 0.717) is 30.1 Å². The number of carbonyl (C=O) groups excluding carboxylic acids is 1. The number of rotatable bonds is 8. The molecule has 2 bridgehead atoms. The van der Waals surface area contributed by atoms with E-state index >= 15 is 0 Å². The molecule has 3 saturated carbocycles. The molecule has 2 atom stereocenters. The van der Waals surface area contributed by atoms with Crippen LogP contribution in [0.25, 0.3) is 0 Å². The highest BCUT2D eigenvalue weighted by Crippen LogP contribution is 2.50. The van der Waals surface area contributed by atoms with E-state index in [9.17, 15) is 9.59 Å². The van der Waals surface area contributed by atoms with Crippen LogP contribution in [0.3, 0.4) is 0 Å². The largest absolute Gasteiger partial charge is 0.480 e. The number of ketones is 1. The lowest BCUT2D eigenvalue weighted by molar-refractivity contribution is -0.142. The molecule has 20 heavy (non-hydrogen) atoms. The van der Waals surface area contributed by atoms with Crippen molar-refractivity contribution in [3.63, 3.8) is 0 Å². The molecule has 0 aromatic rings. The van der Waals surface area contributed by atoms with Crippen LogP contribution in [-0.4, -0.2) is 30.1 Å². The number of Topliss-reactive ketones (excluding diaryl/α,β-unsaturated/α-hetero) is 1. The molecule has 0 radical (unpaired) electrons. The van der Waals surface area contributed by atoms with Crippen LogP contribution >= 0.6 is 0 Å². The molecule has 0 aromatic carbocycles. The number of carboxylic acids is 1. The van der Waals surface area contributed by atoms with Gasteiger partial charge < -0.3 is 9.84 Å². The van der Waals surface area contributed by atoms with Gasteiger partial charge in [0.25, 0.3) is 0 Å². The zero-order valence-electron chi connectivity index (χ0n) is 12.3. The molecule has 114 valence electrons. The lowest BCUT2D eigenvalue weighted by Crippen LogP contribution is -2.43. The predicted octanol–water partition coefficient (Wildman–Crippen LogP) is 2.90. The third kappa shape index (κ3) is 3.81. The molecular weight excluding hydrogens is 256 g/mol. The summed E-state index contributed by atoms with van der Waals surface area (Å²) in [6.07, 6.45) is 8.12. The molecule has 3 fully saturated rings. The minimum Gasteiger partial charge on any atom is -0.480 e. The van der Waals surface area contributed by atoms with Crippen LogP contribution in [0.1, 0.15) is 51.9 Å². The van der Waals surface area contributed by atoms with Gasteiger partial charge in [-0.15, -0.1) is 0 Å². The maximum atomic E-state index is 11.9. The molecule has 3 aliphatic rings. The van der Waals surface area contributed by atoms with E-state index < -0.39 is 5.97 Å². The van der Waals surface area contributed by atoms with Crippen LogP contribution in [0.4, 0.5) is 0 Å². The van der Waals surface area contributed by atoms with Gasteiger partial charge in [-0.3, -0.25) is 4.79 Å². The molecule has 1 N–H and O–H groups in total. The molecule has 0 spiro atoms. The van der Waals surface area contributed by atoms with Gasteiger partial charge in [0, 0.05) is 12.5 Å². The second-order valence-corrected chi connectivity index (χ2v) is 6.42. The zero-order valence-corrected chi connectivity index (χ0v) is 12.3. The van der Waals surface area contributed by atoms with E-state index in [4.69, 9.17) is 9.84 Å². The van der Waals surface area contributed by atoms with Crippen molar-refractivity contribution >= 4 is 11.8 Å². The number of ether oxygens (including phenoxy) is 1. The van der Waals surface area contributed by atoms with Gasteiger partial charge in [-0.25, -0.2) is 4.79 Å². The predicted molar refractivity (Wildman–Crippen MR) is 75.4 cm³/mol. The Bertz CT molecular complexity index is 344. The summed E-state index contributed by atoms with van der Waals surface area (Å²) in [5.74, 6) is 1.71. The van der Waals surface area contributed by atoms with Gasteiger partial charge in [-0.1, -0.05) is 6.42 Å². The van der Waals surface area contributed by atoms with Gasteiger partial charge in [0.1, 0.15) is 12.4 Å². The number of hydrogen-bond acceptors (Lipinski definition) is 3. The SMILES string of the molecule is CC(=O)C1C2CCC(CC2)C1CCCCOCC(=O)O. The summed E-state index contributed by atoms with van der Waals surface area (Å²) in [4.78, 5) is 22.2. The summed E-state index contributed by atoms with van der Waals surface area (Å²) >= 11 is 0. The number of unbranched alkanes of at least 4 members (excludes halogenated alkanes) is 1. The Labute approximate surface area is 120 Å². The molecule has 0 aromatic heterocycles. The highest BCUT2D eigenvalue weighted by atomic mass is 16.5. The van der Waals surface area contributed by atoms with Gasteiger partial charge in [0.2, 0.25) is 0 Å². The molecule has 2 unspecified atom stereocenters. The molecule has 3 aliphatic carbocycles. The van der Waals surface area contributed by atoms with Gasteiger partial charge in [0.05, 0.1) is 0 Å². The first-order valence-corrected chi connectivity index (χ1v) is 7.89. The van der Waals surface area contributed by atoms with E-state index in [0.717, 1.165) is 25.2 Å². The summed E-state index contributed by atoms with van der Waals surface area (Å²) in [6, 6.07) is 0. The molecule has 0 aliphatic heterocycles. The Kier molecular flexibility index (Phi) is 5.58. The lowest BCUT2D eigenvalue weighted by atomic mass is 9.56. The molecule has 0 heterocycles. The maximum Gasteiger partial charge on any atom is 0.329 e. The first kappa shape index (κ1) is 15.5. The summed E-state index contributed by atoms with van der Waals surface area (Å²) in [6.45, 7) is 2.07. The summed E-state index contributed by atoms with van der Waals surface area (Å²) in [5.41, 5.74) is 0. The molecular formula is C16H26O4. The van der Waals surface area contributed by atoms with Crippen molar-refractivity contribution in [3.05, 3.63) is 0 Å². The van der Waals surface area contributed by atoms with Gasteiger partial charge in [0.15, 0.2) is 0 Å².